The van der Waals surface area contributed by atoms with Gasteiger partial charge in [0.2, 0.25) is 0 Å². The summed E-state index contributed by atoms with van der Waals surface area (Å²) in [5.41, 5.74) is 4.57. The van der Waals surface area contributed by atoms with Crippen LogP contribution in [0.5, 0.6) is 11.5 Å². The molecule has 0 aliphatic heterocycles. The molecule has 1 aliphatic carbocycles. The minimum atomic E-state index is -0.674. The van der Waals surface area contributed by atoms with Crippen LogP contribution in [0, 0.1) is 5.82 Å². The third-order valence-electron chi connectivity index (χ3n) is 6.42. The number of ether oxygens (including phenoxy) is 3. The van der Waals surface area contributed by atoms with Crippen molar-refractivity contribution in [2.75, 3.05) is 0 Å². The number of esters is 3. The lowest BCUT2D eigenvalue weighted by molar-refractivity contribution is -0.144. The van der Waals surface area contributed by atoms with E-state index in [1.165, 1.54) is 32.0 Å². The smallest absolute Gasteiger partial charge is 0.338 e. The average molecular weight is 541 g/mol. The third-order valence-corrected chi connectivity index (χ3v) is 6.42. The fourth-order valence-corrected chi connectivity index (χ4v) is 4.29. The van der Waals surface area contributed by atoms with Gasteiger partial charge in [-0.2, -0.15) is 0 Å². The Bertz CT molecular complexity index is 1580. The molecule has 0 bridgehead atoms. The fourth-order valence-electron chi connectivity index (χ4n) is 4.29. The number of benzene rings is 3. The highest BCUT2D eigenvalue weighted by Crippen LogP contribution is 2.39. The first-order valence-corrected chi connectivity index (χ1v) is 12.6. The van der Waals surface area contributed by atoms with Gasteiger partial charge in [-0.3, -0.25) is 0 Å². The number of hydrogen-bond acceptors (Lipinski definition) is 6. The number of rotatable bonds is 8. The van der Waals surface area contributed by atoms with Crippen LogP contribution in [0.3, 0.4) is 0 Å². The van der Waals surface area contributed by atoms with Crippen molar-refractivity contribution in [1.82, 2.24) is 0 Å². The Hall–Kier alpha value is -4.78. The molecule has 0 fully saturated rings. The van der Waals surface area contributed by atoms with Crippen molar-refractivity contribution in [2.45, 2.75) is 39.7 Å². The van der Waals surface area contributed by atoms with Gasteiger partial charge in [-0.1, -0.05) is 50.1 Å². The summed E-state index contributed by atoms with van der Waals surface area (Å²) < 4.78 is 31.8. The van der Waals surface area contributed by atoms with Crippen molar-refractivity contribution in [3.8, 4) is 33.8 Å². The summed E-state index contributed by atoms with van der Waals surface area (Å²) in [7, 11) is 0. The quantitative estimate of drug-likeness (QED) is 0.170. The largest absolute Gasteiger partial charge is 0.454 e. The van der Waals surface area contributed by atoms with Gasteiger partial charge in [0.25, 0.3) is 0 Å². The first-order chi connectivity index (χ1) is 18.9. The molecule has 7 heteroatoms. The molecule has 40 heavy (non-hydrogen) atoms. The predicted molar refractivity (Wildman–Crippen MR) is 150 cm³/mol. The lowest BCUT2D eigenvalue weighted by Gasteiger charge is -2.15. The van der Waals surface area contributed by atoms with E-state index >= 15 is 4.39 Å². The molecule has 0 N–H and O–H groups in total. The van der Waals surface area contributed by atoms with E-state index in [4.69, 9.17) is 14.2 Å². The molecule has 204 valence electrons. The van der Waals surface area contributed by atoms with Crippen molar-refractivity contribution in [1.29, 1.82) is 0 Å². The van der Waals surface area contributed by atoms with Gasteiger partial charge in [-0.15, -0.1) is 0 Å². The summed E-state index contributed by atoms with van der Waals surface area (Å²) in [5.74, 6) is -1.99. The van der Waals surface area contributed by atoms with Crippen molar-refractivity contribution in [3.05, 3.63) is 108 Å². The normalized spacial score (nSPS) is 13.7. The van der Waals surface area contributed by atoms with E-state index in [9.17, 15) is 14.4 Å². The second-order valence-electron chi connectivity index (χ2n) is 9.82. The highest BCUT2D eigenvalue weighted by Gasteiger charge is 2.27. The van der Waals surface area contributed by atoms with Crippen LogP contribution in [0.4, 0.5) is 4.39 Å². The van der Waals surface area contributed by atoms with Gasteiger partial charge >= 0.3 is 17.9 Å². The summed E-state index contributed by atoms with van der Waals surface area (Å²) in [6.07, 6.45) is 1.01. The second kappa shape index (κ2) is 11.5. The average Bonchev–Trinajstić information content (AvgIpc) is 3.30. The topological polar surface area (TPSA) is 78.9 Å². The standard InChI is InChI=1S/C33H29FO6/c1-18(2)31(35)38-24-10-13-27(30(17-24)40-33(37)20(5)6)23-7-11-25(28(34)16-23)21-8-12-26-22(15-21)9-14-29(26)39-32(36)19(3)4/h7-8,10-13,15-17,29H,1,3,5,9,14H2,2,4,6H3. The van der Waals surface area contributed by atoms with Crippen molar-refractivity contribution < 1.29 is 33.0 Å². The Balaban J connectivity index is 1.65. The zero-order chi connectivity index (χ0) is 29.1. The molecule has 1 unspecified atom stereocenters. The SMILES string of the molecule is C=C(C)C(=O)Oc1ccc(-c2ccc(-c3ccc4c(c3)CCC4OC(=O)C(=C)C)c(F)c2)c(OC(=O)C(=C)C)c1. The molecule has 0 saturated heterocycles. The van der Waals surface area contributed by atoms with E-state index in [-0.39, 0.29) is 28.7 Å². The van der Waals surface area contributed by atoms with E-state index in [2.05, 4.69) is 19.7 Å². The molecule has 3 aromatic rings. The van der Waals surface area contributed by atoms with Gasteiger partial charge in [-0.05, 0) is 74.1 Å². The zero-order valence-corrected chi connectivity index (χ0v) is 22.6. The van der Waals surface area contributed by atoms with Crippen molar-refractivity contribution >= 4 is 17.9 Å². The van der Waals surface area contributed by atoms with Crippen molar-refractivity contribution in [3.63, 3.8) is 0 Å². The van der Waals surface area contributed by atoms with Gasteiger partial charge in [0.15, 0.2) is 0 Å². The maximum atomic E-state index is 15.5. The molecule has 1 aliphatic rings. The number of carbonyl (C=O) groups is 3. The molecular formula is C33H29FO6. The van der Waals surface area contributed by atoms with Crippen LogP contribution in [-0.4, -0.2) is 17.9 Å². The number of aryl methyl sites for hydroxylation is 1. The molecule has 0 saturated carbocycles. The van der Waals surface area contributed by atoms with Crippen molar-refractivity contribution in [2.24, 2.45) is 0 Å². The molecule has 0 radical (unpaired) electrons. The molecule has 0 spiro atoms. The van der Waals surface area contributed by atoms with Gasteiger partial charge in [-0.25, -0.2) is 18.8 Å². The number of fused-ring (bicyclic) bond motifs is 1. The summed E-state index contributed by atoms with van der Waals surface area (Å²) in [6.45, 7) is 15.4. The van der Waals surface area contributed by atoms with E-state index < -0.39 is 23.7 Å². The monoisotopic (exact) mass is 540 g/mol. The molecule has 0 heterocycles. The van der Waals surface area contributed by atoms with Gasteiger partial charge < -0.3 is 14.2 Å². The van der Waals surface area contributed by atoms with Gasteiger partial charge in [0.05, 0.1) is 0 Å². The first-order valence-electron chi connectivity index (χ1n) is 12.6. The Morgan fingerprint density at radius 2 is 1.35 bits per heavy atom. The van der Waals surface area contributed by atoms with E-state index in [0.717, 1.165) is 11.1 Å². The molecule has 0 aromatic heterocycles. The second-order valence-corrected chi connectivity index (χ2v) is 9.82. The minimum absolute atomic E-state index is 0.0834. The van der Waals surface area contributed by atoms with E-state index in [1.54, 1.807) is 31.2 Å². The van der Waals surface area contributed by atoms with Crippen LogP contribution >= 0.6 is 0 Å². The van der Waals surface area contributed by atoms with Crippen LogP contribution in [0.15, 0.2) is 91.1 Å². The number of halogens is 1. The lowest BCUT2D eigenvalue weighted by atomic mass is 9.96. The molecule has 6 nitrogen and oxygen atoms in total. The number of hydrogen-bond donors (Lipinski definition) is 0. The van der Waals surface area contributed by atoms with Crippen LogP contribution in [0.25, 0.3) is 22.3 Å². The summed E-state index contributed by atoms with van der Waals surface area (Å²) in [6, 6.07) is 14.8. The minimum Gasteiger partial charge on any atom is -0.454 e. The number of carbonyl (C=O) groups excluding carboxylic acids is 3. The lowest BCUT2D eigenvalue weighted by Crippen LogP contribution is -2.11. The maximum Gasteiger partial charge on any atom is 0.338 e. The van der Waals surface area contributed by atoms with Crippen LogP contribution < -0.4 is 9.47 Å². The molecule has 3 aromatic carbocycles. The van der Waals surface area contributed by atoms with E-state index in [1.807, 2.05) is 12.1 Å². The predicted octanol–water partition coefficient (Wildman–Crippen LogP) is 7.23. The first kappa shape index (κ1) is 28.2. The Labute approximate surface area is 232 Å². The Morgan fingerprint density at radius 1 is 0.750 bits per heavy atom. The van der Waals surface area contributed by atoms with Crippen LogP contribution in [0.2, 0.25) is 0 Å². The van der Waals surface area contributed by atoms with Crippen LogP contribution in [0.1, 0.15) is 44.4 Å². The molecule has 4 rings (SSSR count). The van der Waals surface area contributed by atoms with Crippen LogP contribution in [-0.2, 0) is 25.5 Å². The summed E-state index contributed by atoms with van der Waals surface area (Å²) in [5, 5.41) is 0. The molecular weight excluding hydrogens is 511 g/mol. The van der Waals surface area contributed by atoms with Gasteiger partial charge in [0.1, 0.15) is 23.4 Å². The highest BCUT2D eigenvalue weighted by molar-refractivity contribution is 5.91. The Morgan fingerprint density at radius 3 is 2.00 bits per heavy atom. The summed E-state index contributed by atoms with van der Waals surface area (Å²) >= 11 is 0. The Kier molecular flexibility index (Phi) is 8.14. The zero-order valence-electron chi connectivity index (χ0n) is 22.6. The summed E-state index contributed by atoms with van der Waals surface area (Å²) in [4.78, 5) is 36.2. The molecule has 1 atom stereocenters. The highest BCUT2D eigenvalue weighted by atomic mass is 19.1. The third kappa shape index (κ3) is 6.10. The van der Waals surface area contributed by atoms with E-state index in [0.29, 0.717) is 40.7 Å². The fraction of sp³-hybridized carbons (Fsp3) is 0.182. The molecule has 0 amide bonds. The van der Waals surface area contributed by atoms with Gasteiger partial charge in [0, 0.05) is 33.9 Å². The maximum absolute atomic E-state index is 15.5.